The molecule has 1 saturated carbocycles. The lowest BCUT2D eigenvalue weighted by atomic mass is 10.0. The van der Waals surface area contributed by atoms with E-state index in [0.717, 1.165) is 17.2 Å². The normalized spacial score (nSPS) is 17.2. The van der Waals surface area contributed by atoms with E-state index in [9.17, 15) is 5.11 Å². The van der Waals surface area contributed by atoms with Crippen LogP contribution in [0.3, 0.4) is 0 Å². The Kier molecular flexibility index (Phi) is 5.01. The topological polar surface area (TPSA) is 45.1 Å². The van der Waals surface area contributed by atoms with Gasteiger partial charge in [-0.25, -0.2) is 4.98 Å². The molecule has 0 bridgehead atoms. The second-order valence-corrected chi connectivity index (χ2v) is 6.61. The molecule has 3 rings (SSSR count). The molecule has 4 heteroatoms. The van der Waals surface area contributed by atoms with E-state index in [1.54, 1.807) is 11.3 Å². The Hall–Kier alpha value is -1.23. The fourth-order valence-electron chi connectivity index (χ4n) is 2.96. The van der Waals surface area contributed by atoms with Crippen molar-refractivity contribution in [3.63, 3.8) is 0 Å². The smallest absolute Gasteiger partial charge is 0.123 e. The summed E-state index contributed by atoms with van der Waals surface area (Å²) in [6.45, 7) is 1.40. The van der Waals surface area contributed by atoms with Crippen LogP contribution in [0.4, 0.5) is 0 Å². The van der Waals surface area contributed by atoms with E-state index in [0.29, 0.717) is 12.5 Å². The minimum absolute atomic E-state index is 0.209. The zero-order valence-corrected chi connectivity index (χ0v) is 13.0. The highest BCUT2D eigenvalue weighted by molar-refractivity contribution is 7.13. The summed E-state index contributed by atoms with van der Waals surface area (Å²) < 4.78 is 0. The lowest BCUT2D eigenvalue weighted by Crippen LogP contribution is -2.31. The molecule has 1 aromatic carbocycles. The molecule has 2 N–H and O–H groups in total. The standard InChI is InChI=1S/C17H22N2OS/c20-16(13-6-4-5-7-13)11-18-10-15-12-21-17(19-15)14-8-2-1-3-9-14/h1-3,8-9,12-13,16,18,20H,4-7,10-11H2. The number of aliphatic hydroxyl groups excluding tert-OH is 1. The second kappa shape index (κ2) is 7.16. The third kappa shape index (κ3) is 3.90. The first-order chi connectivity index (χ1) is 10.3. The number of nitrogens with one attached hydrogen (secondary N) is 1. The molecule has 0 spiro atoms. The van der Waals surface area contributed by atoms with Crippen LogP contribution in [0, 0.1) is 5.92 Å². The predicted molar refractivity (Wildman–Crippen MR) is 87.2 cm³/mol. The fraction of sp³-hybridized carbons (Fsp3) is 0.471. The van der Waals surface area contributed by atoms with Crippen molar-refractivity contribution in [3.8, 4) is 10.6 Å². The van der Waals surface area contributed by atoms with Crippen molar-refractivity contribution in [1.29, 1.82) is 0 Å². The van der Waals surface area contributed by atoms with Crippen molar-refractivity contribution >= 4 is 11.3 Å². The molecule has 2 aromatic rings. The number of thiazole rings is 1. The summed E-state index contributed by atoms with van der Waals surface area (Å²) >= 11 is 1.67. The summed E-state index contributed by atoms with van der Waals surface area (Å²) in [5, 5.41) is 16.6. The van der Waals surface area contributed by atoms with E-state index in [-0.39, 0.29) is 6.10 Å². The molecule has 3 nitrogen and oxygen atoms in total. The fourth-order valence-corrected chi connectivity index (χ4v) is 3.78. The van der Waals surface area contributed by atoms with E-state index < -0.39 is 0 Å². The number of hydrogen-bond donors (Lipinski definition) is 2. The highest BCUT2D eigenvalue weighted by atomic mass is 32.1. The first-order valence-corrected chi connectivity index (χ1v) is 8.59. The average Bonchev–Trinajstić information content (AvgIpc) is 3.20. The van der Waals surface area contributed by atoms with Crippen LogP contribution in [0.2, 0.25) is 0 Å². The van der Waals surface area contributed by atoms with Gasteiger partial charge in [0.2, 0.25) is 0 Å². The van der Waals surface area contributed by atoms with Crippen LogP contribution >= 0.6 is 11.3 Å². The maximum absolute atomic E-state index is 10.1. The molecule has 0 aliphatic heterocycles. The summed E-state index contributed by atoms with van der Waals surface area (Å²) in [5.41, 5.74) is 2.22. The van der Waals surface area contributed by atoms with Gasteiger partial charge in [-0.1, -0.05) is 43.2 Å². The van der Waals surface area contributed by atoms with Crippen molar-refractivity contribution in [1.82, 2.24) is 10.3 Å². The molecule has 1 aliphatic rings. The quantitative estimate of drug-likeness (QED) is 0.859. The molecule has 0 amide bonds. The highest BCUT2D eigenvalue weighted by Crippen LogP contribution is 2.27. The van der Waals surface area contributed by atoms with E-state index in [1.165, 1.54) is 31.2 Å². The van der Waals surface area contributed by atoms with E-state index in [1.807, 2.05) is 18.2 Å². The molecule has 1 unspecified atom stereocenters. The maximum atomic E-state index is 10.1. The Morgan fingerprint density at radius 2 is 2.00 bits per heavy atom. The van der Waals surface area contributed by atoms with Crippen molar-refractivity contribution in [3.05, 3.63) is 41.4 Å². The van der Waals surface area contributed by atoms with Crippen LogP contribution in [0.15, 0.2) is 35.7 Å². The van der Waals surface area contributed by atoms with Gasteiger partial charge in [0.15, 0.2) is 0 Å². The van der Waals surface area contributed by atoms with Crippen LogP contribution in [0.25, 0.3) is 10.6 Å². The summed E-state index contributed by atoms with van der Waals surface area (Å²) in [6, 6.07) is 10.3. The summed E-state index contributed by atoms with van der Waals surface area (Å²) in [6.07, 6.45) is 4.69. The Bertz CT molecular complexity index is 549. The Balaban J connectivity index is 1.49. The molecule has 0 saturated heterocycles. The third-order valence-electron chi connectivity index (χ3n) is 4.18. The predicted octanol–water partition coefficient (Wildman–Crippen LogP) is 3.45. The zero-order valence-electron chi connectivity index (χ0n) is 12.2. The van der Waals surface area contributed by atoms with Crippen molar-refractivity contribution in [2.75, 3.05) is 6.54 Å². The number of aromatic nitrogens is 1. The van der Waals surface area contributed by atoms with Crippen LogP contribution in [-0.2, 0) is 6.54 Å². The van der Waals surface area contributed by atoms with E-state index in [4.69, 9.17) is 0 Å². The highest BCUT2D eigenvalue weighted by Gasteiger charge is 2.22. The van der Waals surface area contributed by atoms with Gasteiger partial charge in [-0.15, -0.1) is 11.3 Å². The first-order valence-electron chi connectivity index (χ1n) is 7.71. The Morgan fingerprint density at radius 3 is 2.76 bits per heavy atom. The monoisotopic (exact) mass is 302 g/mol. The van der Waals surface area contributed by atoms with Crippen LogP contribution < -0.4 is 5.32 Å². The largest absolute Gasteiger partial charge is 0.392 e. The van der Waals surface area contributed by atoms with Gasteiger partial charge < -0.3 is 10.4 Å². The SMILES string of the molecule is OC(CNCc1csc(-c2ccccc2)n1)C1CCCC1. The molecule has 1 aliphatic carbocycles. The van der Waals surface area contributed by atoms with Crippen LogP contribution in [0.1, 0.15) is 31.4 Å². The molecule has 21 heavy (non-hydrogen) atoms. The van der Waals surface area contributed by atoms with Crippen LogP contribution in [0.5, 0.6) is 0 Å². The molecular formula is C17H22N2OS. The van der Waals surface area contributed by atoms with Gasteiger partial charge in [-0.3, -0.25) is 0 Å². The molecule has 112 valence electrons. The zero-order chi connectivity index (χ0) is 14.5. The van der Waals surface area contributed by atoms with Crippen molar-refractivity contribution < 1.29 is 5.11 Å². The number of nitrogens with zero attached hydrogens (tertiary/aromatic N) is 1. The number of hydrogen-bond acceptors (Lipinski definition) is 4. The molecule has 1 aromatic heterocycles. The van der Waals surface area contributed by atoms with Crippen molar-refractivity contribution in [2.24, 2.45) is 5.92 Å². The third-order valence-corrected chi connectivity index (χ3v) is 5.12. The van der Waals surface area contributed by atoms with Gasteiger partial charge in [0.05, 0.1) is 11.8 Å². The summed E-state index contributed by atoms with van der Waals surface area (Å²) in [5.74, 6) is 0.493. The Labute approximate surface area is 130 Å². The lowest BCUT2D eigenvalue weighted by molar-refractivity contribution is 0.109. The molecule has 1 fully saturated rings. The number of aliphatic hydroxyl groups is 1. The van der Waals surface area contributed by atoms with Gasteiger partial charge in [0.25, 0.3) is 0 Å². The summed E-state index contributed by atoms with van der Waals surface area (Å²) in [7, 11) is 0. The second-order valence-electron chi connectivity index (χ2n) is 5.75. The van der Waals surface area contributed by atoms with Gasteiger partial charge in [0, 0.05) is 24.0 Å². The van der Waals surface area contributed by atoms with Gasteiger partial charge >= 0.3 is 0 Å². The van der Waals surface area contributed by atoms with E-state index >= 15 is 0 Å². The first kappa shape index (κ1) is 14.7. The molecule has 1 atom stereocenters. The number of rotatable bonds is 6. The maximum Gasteiger partial charge on any atom is 0.123 e. The lowest BCUT2D eigenvalue weighted by Gasteiger charge is -2.17. The van der Waals surface area contributed by atoms with Gasteiger partial charge in [-0.2, -0.15) is 0 Å². The summed E-state index contributed by atoms with van der Waals surface area (Å²) in [4.78, 5) is 4.65. The molecule has 1 heterocycles. The average molecular weight is 302 g/mol. The van der Waals surface area contributed by atoms with Crippen LogP contribution in [-0.4, -0.2) is 22.7 Å². The minimum Gasteiger partial charge on any atom is -0.392 e. The van der Waals surface area contributed by atoms with E-state index in [2.05, 4.69) is 27.8 Å². The minimum atomic E-state index is -0.209. The molecular weight excluding hydrogens is 280 g/mol. The van der Waals surface area contributed by atoms with Gasteiger partial charge in [-0.05, 0) is 18.8 Å². The number of benzene rings is 1. The van der Waals surface area contributed by atoms with Crippen molar-refractivity contribution in [2.45, 2.75) is 38.3 Å². The Morgan fingerprint density at radius 1 is 1.24 bits per heavy atom. The molecule has 0 radical (unpaired) electrons. The van der Waals surface area contributed by atoms with Gasteiger partial charge in [0.1, 0.15) is 5.01 Å².